The first kappa shape index (κ1) is 15.5. The van der Waals surface area contributed by atoms with E-state index in [4.69, 9.17) is 4.74 Å². The lowest BCUT2D eigenvalue weighted by atomic mass is 9.84. The van der Waals surface area contributed by atoms with Crippen LogP contribution in [0.25, 0.3) is 0 Å². The summed E-state index contributed by atoms with van der Waals surface area (Å²) in [6, 6.07) is 9.53. The second-order valence-corrected chi connectivity index (χ2v) is 5.89. The van der Waals surface area contributed by atoms with Crippen LogP contribution in [-0.4, -0.2) is 23.3 Å². The van der Waals surface area contributed by atoms with E-state index in [2.05, 4.69) is 0 Å². The standard InChI is InChI=1S/C18H17FO4/c1-23-15-4-2-11-9-18(22,10-17(20)21)16-5-3-14(19)7-13(16)6-12(11)8-15/h2-5,7-8,22H,6,9-10H2,1H3,(H,20,21). The Hall–Kier alpha value is -2.40. The number of methoxy groups -OCH3 is 1. The number of aliphatic carboxylic acids is 1. The number of ether oxygens (including phenoxy) is 1. The highest BCUT2D eigenvalue weighted by Gasteiger charge is 2.37. The molecule has 23 heavy (non-hydrogen) atoms. The Balaban J connectivity index is 2.18. The molecule has 0 saturated carbocycles. The average Bonchev–Trinajstić information content (AvgIpc) is 2.58. The molecule has 0 aliphatic heterocycles. The molecule has 2 aromatic carbocycles. The van der Waals surface area contributed by atoms with Crippen molar-refractivity contribution in [3.8, 4) is 5.75 Å². The first-order valence-corrected chi connectivity index (χ1v) is 7.30. The number of carboxylic acid groups (broad SMARTS) is 1. The van der Waals surface area contributed by atoms with Gasteiger partial charge in [-0.3, -0.25) is 4.79 Å². The zero-order valence-corrected chi connectivity index (χ0v) is 12.7. The monoisotopic (exact) mass is 316 g/mol. The van der Waals surface area contributed by atoms with E-state index in [9.17, 15) is 19.4 Å². The number of hydrogen-bond donors (Lipinski definition) is 2. The molecule has 1 unspecified atom stereocenters. The Kier molecular flexibility index (Phi) is 3.82. The van der Waals surface area contributed by atoms with E-state index in [1.54, 1.807) is 13.2 Å². The van der Waals surface area contributed by atoms with Crippen molar-refractivity contribution in [2.45, 2.75) is 24.9 Å². The van der Waals surface area contributed by atoms with E-state index in [1.807, 2.05) is 12.1 Å². The van der Waals surface area contributed by atoms with Crippen LogP contribution in [0.5, 0.6) is 5.75 Å². The Morgan fingerprint density at radius 1 is 1.22 bits per heavy atom. The van der Waals surface area contributed by atoms with Gasteiger partial charge in [0.2, 0.25) is 0 Å². The summed E-state index contributed by atoms with van der Waals surface area (Å²) in [6.45, 7) is 0. The Bertz CT molecular complexity index is 772. The normalized spacial score (nSPS) is 19.4. The van der Waals surface area contributed by atoms with Crippen molar-refractivity contribution in [3.05, 3.63) is 64.5 Å². The third-order valence-corrected chi connectivity index (χ3v) is 4.29. The van der Waals surface area contributed by atoms with Gasteiger partial charge in [0.05, 0.1) is 13.5 Å². The van der Waals surface area contributed by atoms with Crippen molar-refractivity contribution in [2.75, 3.05) is 7.11 Å². The minimum Gasteiger partial charge on any atom is -0.497 e. The maximum Gasteiger partial charge on any atom is 0.306 e. The van der Waals surface area contributed by atoms with Crippen molar-refractivity contribution < 1.29 is 24.1 Å². The minimum atomic E-state index is -1.56. The Morgan fingerprint density at radius 3 is 2.70 bits per heavy atom. The molecule has 0 fully saturated rings. The molecule has 1 aliphatic rings. The number of halogens is 1. The van der Waals surface area contributed by atoms with Crippen LogP contribution < -0.4 is 4.74 Å². The van der Waals surface area contributed by atoms with Gasteiger partial charge in [-0.1, -0.05) is 12.1 Å². The van der Waals surface area contributed by atoms with Gasteiger partial charge in [-0.05, 0) is 52.9 Å². The summed E-state index contributed by atoms with van der Waals surface area (Å²) in [6.07, 6.45) is 0.149. The lowest BCUT2D eigenvalue weighted by Crippen LogP contribution is -2.32. The predicted octanol–water partition coefficient (Wildman–Crippen LogP) is 2.64. The summed E-state index contributed by atoms with van der Waals surface area (Å²) in [5.74, 6) is -0.835. The fraction of sp³-hybridized carbons (Fsp3) is 0.278. The number of hydrogen-bond acceptors (Lipinski definition) is 3. The van der Waals surface area contributed by atoms with Gasteiger partial charge in [0, 0.05) is 6.42 Å². The van der Waals surface area contributed by atoms with Gasteiger partial charge in [-0.2, -0.15) is 0 Å². The van der Waals surface area contributed by atoms with Crippen molar-refractivity contribution in [1.29, 1.82) is 0 Å². The third-order valence-electron chi connectivity index (χ3n) is 4.29. The highest BCUT2D eigenvalue weighted by atomic mass is 19.1. The van der Waals surface area contributed by atoms with Crippen LogP contribution in [0.3, 0.4) is 0 Å². The van der Waals surface area contributed by atoms with Gasteiger partial charge >= 0.3 is 5.97 Å². The number of fused-ring (bicyclic) bond motifs is 2. The minimum absolute atomic E-state index is 0.164. The number of aliphatic hydroxyl groups is 1. The molecule has 120 valence electrons. The van der Waals surface area contributed by atoms with E-state index in [0.29, 0.717) is 23.3 Å². The molecule has 0 bridgehead atoms. The van der Waals surface area contributed by atoms with E-state index >= 15 is 0 Å². The zero-order chi connectivity index (χ0) is 16.6. The predicted molar refractivity (Wildman–Crippen MR) is 82.1 cm³/mol. The summed E-state index contributed by atoms with van der Waals surface area (Å²) in [5.41, 5.74) is 1.25. The number of rotatable bonds is 3. The number of benzene rings is 2. The largest absolute Gasteiger partial charge is 0.497 e. The molecule has 0 radical (unpaired) electrons. The molecule has 0 saturated heterocycles. The van der Waals surface area contributed by atoms with Gasteiger partial charge in [0.15, 0.2) is 0 Å². The topological polar surface area (TPSA) is 66.8 Å². The van der Waals surface area contributed by atoms with E-state index in [-0.39, 0.29) is 6.42 Å². The van der Waals surface area contributed by atoms with Crippen LogP contribution in [0.1, 0.15) is 28.7 Å². The van der Waals surface area contributed by atoms with Gasteiger partial charge in [0.25, 0.3) is 0 Å². The third kappa shape index (κ3) is 2.92. The maximum atomic E-state index is 13.6. The van der Waals surface area contributed by atoms with Gasteiger partial charge < -0.3 is 14.9 Å². The summed E-state index contributed by atoms with van der Waals surface area (Å²) in [7, 11) is 1.56. The molecule has 0 amide bonds. The fourth-order valence-corrected chi connectivity index (χ4v) is 3.25. The van der Waals surface area contributed by atoms with Crippen LogP contribution in [0.4, 0.5) is 4.39 Å². The van der Waals surface area contributed by atoms with E-state index in [0.717, 1.165) is 11.1 Å². The molecule has 1 atom stereocenters. The molecule has 0 spiro atoms. The molecule has 5 heteroatoms. The van der Waals surface area contributed by atoms with Gasteiger partial charge in [-0.25, -0.2) is 4.39 Å². The van der Waals surface area contributed by atoms with E-state index in [1.165, 1.54) is 18.2 Å². The van der Waals surface area contributed by atoms with Crippen molar-refractivity contribution in [1.82, 2.24) is 0 Å². The SMILES string of the molecule is COc1ccc2c(c1)Cc1cc(F)ccc1C(O)(CC(=O)O)C2. The molecule has 3 rings (SSSR count). The van der Waals surface area contributed by atoms with Crippen LogP contribution in [0, 0.1) is 5.82 Å². The highest BCUT2D eigenvalue weighted by Crippen LogP contribution is 2.38. The first-order valence-electron chi connectivity index (χ1n) is 7.30. The average molecular weight is 316 g/mol. The summed E-state index contributed by atoms with van der Waals surface area (Å²) < 4.78 is 18.9. The zero-order valence-electron chi connectivity index (χ0n) is 12.7. The van der Waals surface area contributed by atoms with Crippen molar-refractivity contribution >= 4 is 5.97 Å². The summed E-state index contributed by atoms with van der Waals surface area (Å²) >= 11 is 0. The van der Waals surface area contributed by atoms with Crippen LogP contribution in [-0.2, 0) is 23.2 Å². The second-order valence-electron chi connectivity index (χ2n) is 5.89. The molecule has 0 aromatic heterocycles. The van der Waals surface area contributed by atoms with E-state index < -0.39 is 23.8 Å². The quantitative estimate of drug-likeness (QED) is 0.913. The fourth-order valence-electron chi connectivity index (χ4n) is 3.25. The summed E-state index contributed by atoms with van der Waals surface area (Å²) in [4.78, 5) is 11.2. The molecule has 0 heterocycles. The molecular weight excluding hydrogens is 299 g/mol. The number of carboxylic acids is 1. The smallest absolute Gasteiger partial charge is 0.306 e. The molecule has 2 aromatic rings. The second kappa shape index (κ2) is 5.66. The maximum absolute atomic E-state index is 13.6. The van der Waals surface area contributed by atoms with Gasteiger partial charge in [-0.15, -0.1) is 0 Å². The lowest BCUT2D eigenvalue weighted by molar-refractivity contribution is -0.143. The molecule has 1 aliphatic carbocycles. The van der Waals surface area contributed by atoms with Crippen molar-refractivity contribution in [2.24, 2.45) is 0 Å². The lowest BCUT2D eigenvalue weighted by Gasteiger charge is -2.27. The molecular formula is C18H17FO4. The Morgan fingerprint density at radius 2 is 2.00 bits per heavy atom. The summed E-state index contributed by atoms with van der Waals surface area (Å²) in [5, 5.41) is 20.2. The van der Waals surface area contributed by atoms with Crippen LogP contribution >= 0.6 is 0 Å². The Labute approximate surface area is 133 Å². The molecule has 2 N–H and O–H groups in total. The molecule has 4 nitrogen and oxygen atoms in total. The number of carbonyl (C=O) groups is 1. The van der Waals surface area contributed by atoms with Crippen LogP contribution in [0.15, 0.2) is 36.4 Å². The first-order chi connectivity index (χ1) is 10.9. The van der Waals surface area contributed by atoms with Crippen molar-refractivity contribution in [3.63, 3.8) is 0 Å². The highest BCUT2D eigenvalue weighted by molar-refractivity contribution is 5.69. The van der Waals surface area contributed by atoms with Crippen LogP contribution in [0.2, 0.25) is 0 Å². The van der Waals surface area contributed by atoms with Gasteiger partial charge in [0.1, 0.15) is 17.2 Å².